The Hall–Kier alpha value is -1.96. The van der Waals surface area contributed by atoms with Gasteiger partial charge in [-0.3, -0.25) is 13.9 Å². The number of aryl methyl sites for hydroxylation is 1. The monoisotopic (exact) mass is 273 g/mol. The van der Waals surface area contributed by atoms with E-state index in [1.807, 2.05) is 0 Å². The van der Waals surface area contributed by atoms with Gasteiger partial charge in [-0.05, 0) is 19.8 Å². The molecule has 1 heterocycles. The zero-order valence-corrected chi connectivity index (χ0v) is 10.8. The summed E-state index contributed by atoms with van der Waals surface area (Å²) in [6.07, 6.45) is 1.79. The zero-order chi connectivity index (χ0) is 14.4. The Morgan fingerprint density at radius 1 is 1.68 bits per heavy atom. The highest BCUT2D eigenvalue weighted by molar-refractivity contribution is 5.75. The smallest absolute Gasteiger partial charge is 0.441 e. The molecule has 19 heavy (non-hydrogen) atoms. The highest BCUT2D eigenvalue weighted by Gasteiger charge is 2.13. The molecule has 106 valence electrons. The van der Waals surface area contributed by atoms with Gasteiger partial charge in [0.15, 0.2) is 5.82 Å². The Morgan fingerprint density at radius 3 is 2.89 bits per heavy atom. The van der Waals surface area contributed by atoms with Gasteiger partial charge in [-0.25, -0.2) is 9.18 Å². The molecule has 0 saturated carbocycles. The van der Waals surface area contributed by atoms with Crippen LogP contribution in [0.1, 0.15) is 18.7 Å². The molecule has 0 aliphatic carbocycles. The predicted octanol–water partition coefficient (Wildman–Crippen LogP) is 0.279. The number of nitrogens with two attached hydrogens (primary N) is 1. The van der Waals surface area contributed by atoms with Crippen LogP contribution in [0.5, 0.6) is 0 Å². The molecule has 1 rings (SSSR count). The summed E-state index contributed by atoms with van der Waals surface area (Å²) in [7, 11) is 1.24. The van der Waals surface area contributed by atoms with E-state index in [0.29, 0.717) is 5.82 Å². The number of ether oxygens (including phenoxy) is 1. The van der Waals surface area contributed by atoms with E-state index in [-0.39, 0.29) is 19.4 Å². The van der Waals surface area contributed by atoms with Crippen LogP contribution in [0.15, 0.2) is 21.2 Å². The Bertz CT molecular complexity index is 520. The van der Waals surface area contributed by atoms with Gasteiger partial charge in [-0.2, -0.15) is 0 Å². The minimum Gasteiger partial charge on any atom is -0.468 e. The Labute approximate surface area is 108 Å². The van der Waals surface area contributed by atoms with Crippen molar-refractivity contribution >= 4 is 5.97 Å². The van der Waals surface area contributed by atoms with E-state index in [0.717, 1.165) is 4.57 Å². The van der Waals surface area contributed by atoms with Gasteiger partial charge in [0, 0.05) is 0 Å². The quantitative estimate of drug-likeness (QED) is 0.747. The molecule has 0 aliphatic heterocycles. The van der Waals surface area contributed by atoms with Crippen molar-refractivity contribution < 1.29 is 18.4 Å². The number of hydrogen-bond acceptors (Lipinski definition) is 6. The van der Waals surface area contributed by atoms with Crippen molar-refractivity contribution in [1.29, 1.82) is 0 Å². The molecule has 7 nitrogen and oxygen atoms in total. The van der Waals surface area contributed by atoms with Gasteiger partial charge in [-0.15, -0.1) is 0 Å². The summed E-state index contributed by atoms with van der Waals surface area (Å²) >= 11 is 0. The fourth-order valence-electron chi connectivity index (χ4n) is 1.42. The topological polar surface area (TPSA) is 100 Å². The molecule has 1 unspecified atom stereocenters. The summed E-state index contributed by atoms with van der Waals surface area (Å²) in [6.45, 7) is 1.28. The van der Waals surface area contributed by atoms with E-state index < -0.39 is 23.6 Å². The summed E-state index contributed by atoms with van der Waals surface area (Å²) in [6, 6.07) is -0.783. The van der Waals surface area contributed by atoms with Crippen molar-refractivity contribution in [2.45, 2.75) is 32.4 Å². The van der Waals surface area contributed by atoms with Crippen molar-refractivity contribution in [3.8, 4) is 0 Å². The normalized spacial score (nSPS) is 13.4. The lowest BCUT2D eigenvalue weighted by atomic mass is 10.1. The maximum atomic E-state index is 13.5. The van der Waals surface area contributed by atoms with Crippen LogP contribution < -0.4 is 11.5 Å². The number of hydrogen-bond donors (Lipinski definition) is 1. The molecule has 0 radical (unpaired) electrons. The van der Waals surface area contributed by atoms with Crippen LogP contribution in [0.25, 0.3) is 0 Å². The third kappa shape index (κ3) is 4.32. The largest absolute Gasteiger partial charge is 0.468 e. The van der Waals surface area contributed by atoms with Crippen molar-refractivity contribution in [2.75, 3.05) is 7.11 Å². The average molecular weight is 273 g/mol. The first-order valence-electron chi connectivity index (χ1n) is 5.66. The number of carbonyl (C=O) groups excluding carboxylic acids is 1. The summed E-state index contributed by atoms with van der Waals surface area (Å²) in [5, 5.41) is 3.41. The fraction of sp³-hybridized carbons (Fsp3) is 0.545. The highest BCUT2D eigenvalue weighted by atomic mass is 19.1. The molecule has 1 atom stereocenters. The van der Waals surface area contributed by atoms with Gasteiger partial charge < -0.3 is 10.5 Å². The van der Waals surface area contributed by atoms with Crippen molar-refractivity contribution in [3.63, 3.8) is 0 Å². The molecule has 0 bridgehead atoms. The third-order valence-corrected chi connectivity index (χ3v) is 2.52. The lowest BCUT2D eigenvalue weighted by molar-refractivity contribution is -0.142. The number of methoxy groups -OCH3 is 1. The number of esters is 1. The molecule has 0 saturated heterocycles. The first-order valence-corrected chi connectivity index (χ1v) is 5.66. The second kappa shape index (κ2) is 6.83. The molecule has 0 amide bonds. The summed E-state index contributed by atoms with van der Waals surface area (Å²) in [5.41, 5.74) is 5.49. The summed E-state index contributed by atoms with van der Waals surface area (Å²) < 4.78 is 23.4. The second-order valence-electron chi connectivity index (χ2n) is 3.94. The van der Waals surface area contributed by atoms with Crippen LogP contribution >= 0.6 is 0 Å². The average Bonchev–Trinajstić information content (AvgIpc) is 2.69. The molecule has 1 aromatic rings. The van der Waals surface area contributed by atoms with Gasteiger partial charge in [-0.1, -0.05) is 11.2 Å². The molecule has 1 aromatic heterocycles. The summed E-state index contributed by atoms with van der Waals surface area (Å²) in [5.74, 6) is -1.49. The Morgan fingerprint density at radius 2 is 2.37 bits per heavy atom. The lowest BCUT2D eigenvalue weighted by Crippen LogP contribution is -2.31. The summed E-state index contributed by atoms with van der Waals surface area (Å²) in [4.78, 5) is 22.1. The van der Waals surface area contributed by atoms with Crippen LogP contribution in [0, 0.1) is 6.92 Å². The minimum atomic E-state index is -0.783. The zero-order valence-electron chi connectivity index (χ0n) is 10.8. The number of carbonyl (C=O) groups is 1. The van der Waals surface area contributed by atoms with Gasteiger partial charge in [0.1, 0.15) is 11.9 Å². The van der Waals surface area contributed by atoms with Gasteiger partial charge in [0.2, 0.25) is 0 Å². The number of allylic oxidation sites excluding steroid dienone is 2. The molecular weight excluding hydrogens is 257 g/mol. The number of halogens is 1. The second-order valence-corrected chi connectivity index (χ2v) is 3.94. The van der Waals surface area contributed by atoms with Crippen molar-refractivity contribution in [2.24, 2.45) is 5.73 Å². The first kappa shape index (κ1) is 15.1. The first-order chi connectivity index (χ1) is 8.95. The third-order valence-electron chi connectivity index (χ3n) is 2.52. The molecule has 0 spiro atoms. The molecule has 0 aromatic carbocycles. The maximum Gasteiger partial charge on any atom is 0.441 e. The number of aromatic nitrogens is 2. The van der Waals surface area contributed by atoms with E-state index in [1.165, 1.54) is 20.1 Å². The molecule has 2 N–H and O–H groups in total. The molecule has 0 fully saturated rings. The number of nitrogens with zero attached hydrogens (tertiary/aromatic N) is 2. The SMILES string of the molecule is COC(=O)C(N)CC/C=C(/F)Cn1c(C)noc1=O. The standard InChI is InChI=1S/C11H16FN3O4/c1-7-14-19-11(17)15(7)6-8(12)4-3-5-9(13)10(16)18-2/h4,9H,3,5-6,13H2,1-2H3/b8-4+. The van der Waals surface area contributed by atoms with E-state index >= 15 is 0 Å². The lowest BCUT2D eigenvalue weighted by Gasteiger charge is -2.06. The Balaban J connectivity index is 2.50. The highest BCUT2D eigenvalue weighted by Crippen LogP contribution is 2.06. The minimum absolute atomic E-state index is 0.248. The van der Waals surface area contributed by atoms with E-state index in [2.05, 4.69) is 14.4 Å². The van der Waals surface area contributed by atoms with Gasteiger partial charge >= 0.3 is 11.7 Å². The van der Waals surface area contributed by atoms with Crippen LogP contribution in [0.2, 0.25) is 0 Å². The predicted molar refractivity (Wildman–Crippen MR) is 63.9 cm³/mol. The molecule has 8 heteroatoms. The maximum absolute atomic E-state index is 13.5. The van der Waals surface area contributed by atoms with E-state index in [4.69, 9.17) is 5.73 Å². The van der Waals surface area contributed by atoms with Crippen LogP contribution in [0.3, 0.4) is 0 Å². The number of rotatable bonds is 6. The fourth-order valence-corrected chi connectivity index (χ4v) is 1.42. The molecular formula is C11H16FN3O4. The van der Waals surface area contributed by atoms with Crippen molar-refractivity contribution in [1.82, 2.24) is 9.72 Å². The van der Waals surface area contributed by atoms with Crippen LogP contribution in [0.4, 0.5) is 4.39 Å². The van der Waals surface area contributed by atoms with E-state index in [9.17, 15) is 14.0 Å². The Kier molecular flexibility index (Phi) is 5.43. The van der Waals surface area contributed by atoms with Gasteiger partial charge in [0.25, 0.3) is 0 Å². The van der Waals surface area contributed by atoms with E-state index in [1.54, 1.807) is 0 Å². The van der Waals surface area contributed by atoms with Crippen molar-refractivity contribution in [3.05, 3.63) is 28.3 Å². The van der Waals surface area contributed by atoms with Crippen LogP contribution in [-0.4, -0.2) is 28.8 Å². The van der Waals surface area contributed by atoms with Gasteiger partial charge in [0.05, 0.1) is 13.7 Å². The molecule has 0 aliphatic rings. The van der Waals surface area contributed by atoms with Crippen LogP contribution in [-0.2, 0) is 16.1 Å².